The standard InChI is InChI=1S/C21H22F2N2O5S2/c1-14(19(26)24-16-7-9-17(10-8-16)31-21(22)23)30-20(27)15-5-4-6-18(13-15)32(28,29)25-11-2-3-12-25/h4-10,13-14,21H,2-3,11-12H2,1H3,(H,24,26)/t14-/m1/s1. The maximum absolute atomic E-state index is 12.7. The van der Waals surface area contributed by atoms with Crippen LogP contribution in [0, 0.1) is 0 Å². The van der Waals surface area contributed by atoms with Crippen LogP contribution in [0.1, 0.15) is 30.1 Å². The number of thioether (sulfide) groups is 1. The van der Waals surface area contributed by atoms with E-state index >= 15 is 0 Å². The molecule has 11 heteroatoms. The van der Waals surface area contributed by atoms with Crippen LogP contribution in [0.3, 0.4) is 0 Å². The average Bonchev–Trinajstić information content (AvgIpc) is 3.30. The number of carbonyl (C=O) groups is 2. The normalized spacial score (nSPS) is 15.5. The Morgan fingerprint density at radius 2 is 1.75 bits per heavy atom. The SMILES string of the molecule is C[C@@H](OC(=O)c1cccc(S(=O)(=O)N2CCCC2)c1)C(=O)Nc1ccc(SC(F)F)cc1. The van der Waals surface area contributed by atoms with Crippen molar-refractivity contribution in [1.82, 2.24) is 4.31 Å². The molecule has 172 valence electrons. The lowest BCUT2D eigenvalue weighted by atomic mass is 10.2. The van der Waals surface area contributed by atoms with E-state index in [1.54, 1.807) is 0 Å². The van der Waals surface area contributed by atoms with E-state index in [1.165, 1.54) is 59.8 Å². The summed E-state index contributed by atoms with van der Waals surface area (Å²) in [6.07, 6.45) is 0.416. The molecular formula is C21H22F2N2O5S2. The van der Waals surface area contributed by atoms with Gasteiger partial charge in [-0.25, -0.2) is 13.2 Å². The number of hydrogen-bond donors (Lipinski definition) is 1. The molecule has 0 aliphatic carbocycles. The number of benzene rings is 2. The first-order valence-corrected chi connectivity index (χ1v) is 12.2. The lowest BCUT2D eigenvalue weighted by molar-refractivity contribution is -0.123. The Morgan fingerprint density at radius 3 is 2.38 bits per heavy atom. The highest BCUT2D eigenvalue weighted by molar-refractivity contribution is 7.99. The molecule has 1 aliphatic rings. The van der Waals surface area contributed by atoms with Gasteiger partial charge in [0.05, 0.1) is 10.5 Å². The Balaban J connectivity index is 1.62. The van der Waals surface area contributed by atoms with Crippen molar-refractivity contribution in [3.63, 3.8) is 0 Å². The molecule has 1 N–H and O–H groups in total. The molecule has 1 fully saturated rings. The van der Waals surface area contributed by atoms with Crippen LogP contribution in [-0.4, -0.2) is 49.6 Å². The largest absolute Gasteiger partial charge is 0.449 e. The van der Waals surface area contributed by atoms with E-state index in [0.29, 0.717) is 35.4 Å². The second-order valence-electron chi connectivity index (χ2n) is 7.08. The first-order chi connectivity index (χ1) is 15.2. The van der Waals surface area contributed by atoms with Crippen molar-refractivity contribution in [2.45, 2.75) is 41.4 Å². The molecule has 0 radical (unpaired) electrons. The van der Waals surface area contributed by atoms with E-state index in [9.17, 15) is 26.8 Å². The number of halogens is 2. The van der Waals surface area contributed by atoms with Gasteiger partial charge in [-0.05, 0) is 62.2 Å². The summed E-state index contributed by atoms with van der Waals surface area (Å²) >= 11 is 0.388. The number of nitrogens with zero attached hydrogens (tertiary/aromatic N) is 1. The Labute approximate surface area is 189 Å². The van der Waals surface area contributed by atoms with E-state index in [4.69, 9.17) is 4.74 Å². The topological polar surface area (TPSA) is 92.8 Å². The fourth-order valence-electron chi connectivity index (χ4n) is 3.11. The molecule has 0 unspecified atom stereocenters. The number of hydrogen-bond acceptors (Lipinski definition) is 6. The Morgan fingerprint density at radius 1 is 1.09 bits per heavy atom. The summed E-state index contributed by atoms with van der Waals surface area (Å²) in [6.45, 7) is 2.26. The quantitative estimate of drug-likeness (QED) is 0.450. The van der Waals surface area contributed by atoms with Crippen molar-refractivity contribution in [1.29, 1.82) is 0 Å². The van der Waals surface area contributed by atoms with Crippen molar-refractivity contribution in [2.24, 2.45) is 0 Å². The van der Waals surface area contributed by atoms with E-state index in [0.717, 1.165) is 12.8 Å². The predicted octanol–water partition coefficient (Wildman–Crippen LogP) is 3.97. The van der Waals surface area contributed by atoms with Gasteiger partial charge in [-0.2, -0.15) is 13.1 Å². The molecule has 1 heterocycles. The Bertz CT molecular complexity index is 1070. The number of anilines is 1. The molecule has 2 aromatic rings. The lowest BCUT2D eigenvalue weighted by Gasteiger charge is -2.16. The van der Waals surface area contributed by atoms with Crippen LogP contribution in [0.4, 0.5) is 14.5 Å². The van der Waals surface area contributed by atoms with Crippen molar-refractivity contribution in [3.8, 4) is 0 Å². The second-order valence-corrected chi connectivity index (χ2v) is 10.1. The molecule has 0 saturated carbocycles. The number of ether oxygens (including phenoxy) is 1. The summed E-state index contributed by atoms with van der Waals surface area (Å²) in [5.41, 5.74) is 0.369. The van der Waals surface area contributed by atoms with Gasteiger partial charge >= 0.3 is 5.97 Å². The van der Waals surface area contributed by atoms with Crippen LogP contribution < -0.4 is 5.32 Å². The van der Waals surface area contributed by atoms with Crippen LogP contribution in [0.2, 0.25) is 0 Å². The minimum atomic E-state index is -3.69. The van der Waals surface area contributed by atoms with Crippen LogP contribution in [0.15, 0.2) is 58.3 Å². The summed E-state index contributed by atoms with van der Waals surface area (Å²) in [7, 11) is -3.69. The molecule has 3 rings (SSSR count). The van der Waals surface area contributed by atoms with Gasteiger partial charge in [0, 0.05) is 23.7 Å². The third-order valence-corrected chi connectivity index (χ3v) is 7.39. The fourth-order valence-corrected chi connectivity index (χ4v) is 5.17. The Hall–Kier alpha value is -2.50. The van der Waals surface area contributed by atoms with Gasteiger partial charge in [0.2, 0.25) is 10.0 Å². The number of sulfonamides is 1. The predicted molar refractivity (Wildman–Crippen MR) is 116 cm³/mol. The number of esters is 1. The van der Waals surface area contributed by atoms with Gasteiger partial charge < -0.3 is 10.1 Å². The summed E-state index contributed by atoms with van der Waals surface area (Å²) in [6, 6.07) is 11.3. The first-order valence-electron chi connectivity index (χ1n) is 9.84. The van der Waals surface area contributed by atoms with Gasteiger partial charge in [-0.15, -0.1) is 0 Å². The molecule has 2 aromatic carbocycles. The fraction of sp³-hybridized carbons (Fsp3) is 0.333. The number of amides is 1. The number of nitrogens with one attached hydrogen (secondary N) is 1. The van der Waals surface area contributed by atoms with Crippen molar-refractivity contribution in [2.75, 3.05) is 18.4 Å². The van der Waals surface area contributed by atoms with Gasteiger partial charge in [-0.3, -0.25) is 4.79 Å². The minimum Gasteiger partial charge on any atom is -0.449 e. The van der Waals surface area contributed by atoms with E-state index < -0.39 is 33.8 Å². The number of carbonyl (C=O) groups excluding carboxylic acids is 2. The van der Waals surface area contributed by atoms with Gasteiger partial charge in [0.1, 0.15) is 0 Å². The molecule has 0 aromatic heterocycles. The number of rotatable bonds is 8. The molecule has 1 saturated heterocycles. The summed E-state index contributed by atoms with van der Waals surface area (Å²) in [5.74, 6) is -4.00. The highest BCUT2D eigenvalue weighted by Crippen LogP contribution is 2.26. The van der Waals surface area contributed by atoms with Crippen LogP contribution in [0.5, 0.6) is 0 Å². The maximum Gasteiger partial charge on any atom is 0.338 e. The van der Waals surface area contributed by atoms with Crippen molar-refractivity contribution in [3.05, 3.63) is 54.1 Å². The minimum absolute atomic E-state index is 0.00675. The smallest absolute Gasteiger partial charge is 0.338 e. The van der Waals surface area contributed by atoms with Gasteiger partial charge in [0.15, 0.2) is 6.10 Å². The van der Waals surface area contributed by atoms with E-state index in [-0.39, 0.29) is 10.5 Å². The number of alkyl halides is 2. The molecule has 1 amide bonds. The van der Waals surface area contributed by atoms with E-state index in [2.05, 4.69) is 5.32 Å². The average molecular weight is 485 g/mol. The van der Waals surface area contributed by atoms with Crippen LogP contribution >= 0.6 is 11.8 Å². The van der Waals surface area contributed by atoms with Crippen LogP contribution in [-0.2, 0) is 19.6 Å². The third kappa shape index (κ3) is 6.05. The van der Waals surface area contributed by atoms with Crippen LogP contribution in [0.25, 0.3) is 0 Å². The van der Waals surface area contributed by atoms with Crippen molar-refractivity contribution < 1.29 is 31.5 Å². The summed E-state index contributed by atoms with van der Waals surface area (Å²) in [4.78, 5) is 25.1. The zero-order valence-electron chi connectivity index (χ0n) is 17.2. The zero-order chi connectivity index (χ0) is 23.3. The molecule has 0 spiro atoms. The van der Waals surface area contributed by atoms with E-state index in [1.807, 2.05) is 0 Å². The van der Waals surface area contributed by atoms with Crippen molar-refractivity contribution >= 4 is 39.3 Å². The summed E-state index contributed by atoms with van der Waals surface area (Å²) < 4.78 is 56.7. The molecule has 32 heavy (non-hydrogen) atoms. The molecule has 0 bridgehead atoms. The van der Waals surface area contributed by atoms with Gasteiger partial charge in [0.25, 0.3) is 11.7 Å². The van der Waals surface area contributed by atoms with Gasteiger partial charge in [-0.1, -0.05) is 17.8 Å². The highest BCUT2D eigenvalue weighted by Gasteiger charge is 2.28. The Kier molecular flexibility index (Phi) is 7.86. The monoisotopic (exact) mass is 484 g/mol. The summed E-state index contributed by atoms with van der Waals surface area (Å²) in [5, 5.41) is 2.54. The highest BCUT2D eigenvalue weighted by atomic mass is 32.2. The maximum atomic E-state index is 12.7. The lowest BCUT2D eigenvalue weighted by Crippen LogP contribution is -2.30. The third-order valence-electron chi connectivity index (χ3n) is 4.77. The molecular weight excluding hydrogens is 462 g/mol. The molecule has 7 nitrogen and oxygen atoms in total. The zero-order valence-corrected chi connectivity index (χ0v) is 18.8. The molecule has 1 aliphatic heterocycles. The second kappa shape index (κ2) is 10.4. The first kappa shape index (κ1) is 24.1. The molecule has 1 atom stereocenters.